The van der Waals surface area contributed by atoms with Crippen LogP contribution in [0.4, 0.5) is 0 Å². The van der Waals surface area contributed by atoms with Gasteiger partial charge in [0.05, 0.1) is 12.2 Å². The number of benzene rings is 2. The summed E-state index contributed by atoms with van der Waals surface area (Å²) in [5.74, 6) is 0.0712. The van der Waals surface area contributed by atoms with Crippen LogP contribution in [0.15, 0.2) is 60.8 Å². The molecular formula is C26H30N2O2. The number of amides is 1. The van der Waals surface area contributed by atoms with Gasteiger partial charge in [-0.2, -0.15) is 0 Å². The summed E-state index contributed by atoms with van der Waals surface area (Å²) in [7, 11) is 0. The average molecular weight is 403 g/mol. The molecule has 0 radical (unpaired) electrons. The number of carbonyl (C=O) groups is 1. The molecule has 1 saturated heterocycles. The number of ether oxygens (including phenoxy) is 1. The largest absolute Gasteiger partial charge is 0.360 e. The van der Waals surface area contributed by atoms with E-state index in [1.807, 2.05) is 53.6 Å². The van der Waals surface area contributed by atoms with Crippen molar-refractivity contribution in [3.63, 3.8) is 0 Å². The Morgan fingerprint density at radius 1 is 1.00 bits per heavy atom. The second kappa shape index (κ2) is 6.71. The van der Waals surface area contributed by atoms with E-state index in [1.54, 1.807) is 0 Å². The van der Waals surface area contributed by atoms with E-state index in [1.165, 1.54) is 0 Å². The van der Waals surface area contributed by atoms with Crippen molar-refractivity contribution in [3.8, 4) is 0 Å². The molecule has 1 N–H and O–H groups in total. The number of likely N-dealkylation sites (tertiary alicyclic amines) is 1. The molecule has 2 aliphatic rings. The van der Waals surface area contributed by atoms with Gasteiger partial charge in [0.2, 0.25) is 0 Å². The molecule has 2 atom stereocenters. The Morgan fingerprint density at radius 3 is 2.53 bits per heavy atom. The summed E-state index contributed by atoms with van der Waals surface area (Å²) in [4.78, 5) is 19.2. The molecule has 156 valence electrons. The van der Waals surface area contributed by atoms with Crippen molar-refractivity contribution < 1.29 is 9.53 Å². The standard InChI is InChI=1S/C26H30N2O2/c1-24(2)15-25(3)17-26(16-24,30-14-19-9-5-4-6-10-19)28(18-25)23(29)21-13-27-22-12-8-7-11-20(21)22/h4-13,27H,14-18H2,1-3H3. The quantitative estimate of drug-likeness (QED) is 0.604. The van der Waals surface area contributed by atoms with Crippen molar-refractivity contribution in [3.05, 3.63) is 71.9 Å². The Balaban J connectivity index is 1.53. The van der Waals surface area contributed by atoms with Gasteiger partial charge in [-0.05, 0) is 28.9 Å². The Labute approximate surface area is 178 Å². The van der Waals surface area contributed by atoms with Crippen LogP contribution in [0, 0.1) is 10.8 Å². The van der Waals surface area contributed by atoms with Gasteiger partial charge in [0.25, 0.3) is 5.91 Å². The van der Waals surface area contributed by atoms with Crippen LogP contribution in [-0.2, 0) is 11.3 Å². The summed E-state index contributed by atoms with van der Waals surface area (Å²) in [6.45, 7) is 8.20. The van der Waals surface area contributed by atoms with Gasteiger partial charge in [0.1, 0.15) is 5.72 Å². The average Bonchev–Trinajstić information content (AvgIpc) is 3.22. The maximum absolute atomic E-state index is 13.9. The molecule has 1 amide bonds. The van der Waals surface area contributed by atoms with E-state index >= 15 is 0 Å². The first-order valence-corrected chi connectivity index (χ1v) is 10.9. The topological polar surface area (TPSA) is 45.3 Å². The molecule has 1 aliphatic heterocycles. The number of aromatic amines is 1. The zero-order valence-corrected chi connectivity index (χ0v) is 18.1. The number of para-hydroxylation sites is 1. The molecule has 0 spiro atoms. The fraction of sp³-hybridized carbons (Fsp3) is 0.423. The Bertz CT molecular complexity index is 1090. The molecular weight excluding hydrogens is 372 g/mol. The lowest BCUT2D eigenvalue weighted by molar-refractivity contribution is -0.161. The molecule has 30 heavy (non-hydrogen) atoms. The zero-order valence-electron chi connectivity index (χ0n) is 18.1. The highest BCUT2D eigenvalue weighted by molar-refractivity contribution is 6.07. The molecule has 3 aromatic rings. The zero-order chi connectivity index (χ0) is 21.0. The van der Waals surface area contributed by atoms with E-state index in [4.69, 9.17) is 4.74 Å². The summed E-state index contributed by atoms with van der Waals surface area (Å²) >= 11 is 0. The summed E-state index contributed by atoms with van der Waals surface area (Å²) in [5.41, 5.74) is 2.50. The number of fused-ring (bicyclic) bond motifs is 3. The first-order valence-electron chi connectivity index (χ1n) is 10.9. The molecule has 2 heterocycles. The number of H-pyrrole nitrogens is 1. The molecule has 2 unspecified atom stereocenters. The minimum absolute atomic E-state index is 0.0697. The number of aromatic nitrogens is 1. The van der Waals surface area contributed by atoms with Crippen molar-refractivity contribution in [2.75, 3.05) is 6.54 Å². The van der Waals surface area contributed by atoms with Gasteiger partial charge in [-0.1, -0.05) is 69.3 Å². The summed E-state index contributed by atoms with van der Waals surface area (Å²) in [5, 5.41) is 0.978. The third kappa shape index (κ3) is 3.24. The van der Waals surface area contributed by atoms with E-state index in [0.717, 1.165) is 47.8 Å². The molecule has 1 aliphatic carbocycles. The van der Waals surface area contributed by atoms with Crippen LogP contribution in [0.3, 0.4) is 0 Å². The maximum atomic E-state index is 13.9. The van der Waals surface area contributed by atoms with Crippen molar-refractivity contribution in [1.29, 1.82) is 0 Å². The predicted molar refractivity (Wildman–Crippen MR) is 119 cm³/mol. The normalized spacial score (nSPS) is 27.5. The predicted octanol–water partition coefficient (Wildman–Crippen LogP) is 5.75. The van der Waals surface area contributed by atoms with E-state index in [0.29, 0.717) is 6.61 Å². The Hall–Kier alpha value is -2.59. The Morgan fingerprint density at radius 2 is 1.73 bits per heavy atom. The van der Waals surface area contributed by atoms with E-state index in [2.05, 4.69) is 37.9 Å². The number of nitrogens with one attached hydrogen (secondary N) is 1. The number of hydrogen-bond donors (Lipinski definition) is 1. The second-order valence-corrected chi connectivity index (χ2v) is 10.4. The minimum Gasteiger partial charge on any atom is -0.360 e. The van der Waals surface area contributed by atoms with E-state index in [-0.39, 0.29) is 16.7 Å². The van der Waals surface area contributed by atoms with Crippen LogP contribution in [0.25, 0.3) is 10.9 Å². The molecule has 4 heteroatoms. The van der Waals surface area contributed by atoms with Crippen LogP contribution < -0.4 is 0 Å². The lowest BCUT2D eigenvalue weighted by atomic mass is 9.64. The minimum atomic E-state index is -0.568. The lowest BCUT2D eigenvalue weighted by Gasteiger charge is -2.47. The molecule has 5 rings (SSSR count). The lowest BCUT2D eigenvalue weighted by Crippen LogP contribution is -2.52. The van der Waals surface area contributed by atoms with Gasteiger partial charge in [-0.15, -0.1) is 0 Å². The van der Waals surface area contributed by atoms with Crippen LogP contribution in [0.2, 0.25) is 0 Å². The van der Waals surface area contributed by atoms with Gasteiger partial charge in [-0.25, -0.2) is 0 Å². The molecule has 2 aromatic carbocycles. The fourth-order valence-corrected chi connectivity index (χ4v) is 6.21. The molecule has 1 saturated carbocycles. The summed E-state index contributed by atoms with van der Waals surface area (Å²) in [6.07, 6.45) is 4.71. The van der Waals surface area contributed by atoms with E-state index in [9.17, 15) is 4.79 Å². The molecule has 2 fully saturated rings. The van der Waals surface area contributed by atoms with Crippen molar-refractivity contribution in [2.24, 2.45) is 10.8 Å². The molecule has 2 bridgehead atoms. The molecule has 1 aromatic heterocycles. The highest BCUT2D eigenvalue weighted by Gasteiger charge is 2.60. The SMILES string of the molecule is CC1(C)CC2(C)CN(C(=O)c3c[nH]c4ccccc34)C(OCc3ccccc3)(C1)C2. The van der Waals surface area contributed by atoms with Gasteiger partial charge in [0.15, 0.2) is 0 Å². The third-order valence-electron chi connectivity index (χ3n) is 6.81. The smallest absolute Gasteiger partial charge is 0.258 e. The van der Waals surface area contributed by atoms with Gasteiger partial charge >= 0.3 is 0 Å². The monoisotopic (exact) mass is 402 g/mol. The van der Waals surface area contributed by atoms with Crippen LogP contribution >= 0.6 is 0 Å². The van der Waals surface area contributed by atoms with Gasteiger partial charge in [0, 0.05) is 36.5 Å². The first kappa shape index (κ1) is 19.4. The molecule has 4 nitrogen and oxygen atoms in total. The van der Waals surface area contributed by atoms with Crippen molar-refractivity contribution >= 4 is 16.8 Å². The van der Waals surface area contributed by atoms with E-state index < -0.39 is 5.72 Å². The van der Waals surface area contributed by atoms with Gasteiger partial charge in [-0.3, -0.25) is 4.79 Å². The highest BCUT2D eigenvalue weighted by Crippen LogP contribution is 2.58. The van der Waals surface area contributed by atoms with Gasteiger partial charge < -0.3 is 14.6 Å². The number of nitrogens with zero attached hydrogens (tertiary/aromatic N) is 1. The second-order valence-electron chi connectivity index (χ2n) is 10.4. The van der Waals surface area contributed by atoms with Crippen LogP contribution in [0.5, 0.6) is 0 Å². The highest BCUT2D eigenvalue weighted by atomic mass is 16.5. The summed E-state index contributed by atoms with van der Waals surface area (Å²) in [6, 6.07) is 18.3. The van der Waals surface area contributed by atoms with Crippen molar-refractivity contribution in [1.82, 2.24) is 9.88 Å². The van der Waals surface area contributed by atoms with Crippen LogP contribution in [-0.4, -0.2) is 28.1 Å². The Kier molecular flexibility index (Phi) is 4.33. The number of hydrogen-bond acceptors (Lipinski definition) is 2. The maximum Gasteiger partial charge on any atom is 0.258 e. The number of carbonyl (C=O) groups excluding carboxylic acids is 1. The van der Waals surface area contributed by atoms with Crippen LogP contribution in [0.1, 0.15) is 56.0 Å². The first-order chi connectivity index (χ1) is 14.3. The third-order valence-corrected chi connectivity index (χ3v) is 6.81. The number of rotatable bonds is 4. The summed E-state index contributed by atoms with van der Waals surface area (Å²) < 4.78 is 6.69. The van der Waals surface area contributed by atoms with Crippen molar-refractivity contribution in [2.45, 2.75) is 52.4 Å². The fourth-order valence-electron chi connectivity index (χ4n) is 6.21.